The summed E-state index contributed by atoms with van der Waals surface area (Å²) >= 11 is 0. The molecule has 34 heavy (non-hydrogen) atoms. The van der Waals surface area contributed by atoms with E-state index in [1.807, 2.05) is 24.8 Å². The highest BCUT2D eigenvalue weighted by Crippen LogP contribution is 2.40. The summed E-state index contributed by atoms with van der Waals surface area (Å²) in [6.45, 7) is 7.50. The predicted octanol–water partition coefficient (Wildman–Crippen LogP) is 5.18. The number of aromatic amines is 1. The summed E-state index contributed by atoms with van der Waals surface area (Å²) in [4.78, 5) is 21.5. The number of alkyl halides is 3. The van der Waals surface area contributed by atoms with Crippen LogP contribution in [0.4, 0.5) is 24.7 Å². The van der Waals surface area contributed by atoms with Crippen LogP contribution in [0, 0.1) is 13.8 Å². The van der Waals surface area contributed by atoms with Gasteiger partial charge in [-0.1, -0.05) is 0 Å². The van der Waals surface area contributed by atoms with Crippen molar-refractivity contribution in [3.05, 3.63) is 63.2 Å². The van der Waals surface area contributed by atoms with Gasteiger partial charge in [0.05, 0.1) is 5.56 Å². The minimum atomic E-state index is -4.50. The fourth-order valence-corrected chi connectivity index (χ4v) is 4.70. The van der Waals surface area contributed by atoms with E-state index >= 15 is 0 Å². The number of H-pyrrole nitrogens is 1. The maximum atomic E-state index is 13.9. The second-order valence-corrected chi connectivity index (χ2v) is 8.67. The molecule has 0 spiro atoms. The van der Waals surface area contributed by atoms with Crippen molar-refractivity contribution < 1.29 is 17.9 Å². The van der Waals surface area contributed by atoms with Crippen LogP contribution < -0.4 is 15.8 Å². The fourth-order valence-electron chi connectivity index (χ4n) is 4.70. The number of fused-ring (bicyclic) bond motifs is 1. The topological polar surface area (TPSA) is 70.2 Å². The molecule has 0 aliphatic carbocycles. The Kier molecular flexibility index (Phi) is 6.84. The number of nitrogens with zero attached hydrogens (tertiary/aromatic N) is 2. The molecule has 2 N–H and O–H groups in total. The zero-order chi connectivity index (χ0) is 24.5. The summed E-state index contributed by atoms with van der Waals surface area (Å²) in [7, 11) is 0. The van der Waals surface area contributed by atoms with Crippen LogP contribution in [0.2, 0.25) is 0 Å². The second kappa shape index (κ2) is 9.66. The SMILES string of the molecule is CCN(c1cc(C(F)(F)F)cc2c(NCc3c(C)cc(C)[nH]c3=O)nccc12)C1CCOCC1. The molecule has 3 aromatic rings. The van der Waals surface area contributed by atoms with Gasteiger partial charge in [0.25, 0.3) is 5.56 Å². The molecule has 182 valence electrons. The summed E-state index contributed by atoms with van der Waals surface area (Å²) in [6.07, 6.45) is -1.39. The van der Waals surface area contributed by atoms with E-state index in [-0.39, 0.29) is 18.1 Å². The highest BCUT2D eigenvalue weighted by molar-refractivity contribution is 6.01. The second-order valence-electron chi connectivity index (χ2n) is 8.67. The van der Waals surface area contributed by atoms with Gasteiger partial charge < -0.3 is 19.9 Å². The highest BCUT2D eigenvalue weighted by Gasteiger charge is 2.33. The molecule has 4 rings (SSSR count). The standard InChI is InChI=1S/C25H29F3N4O2/c1-4-32(18-6-9-34-10-7-18)22-13-17(25(26,27)28)12-20-19(22)5-8-29-23(20)30-14-21-15(2)11-16(3)31-24(21)33/h5,8,11-13,18H,4,6-7,9-10,14H2,1-3H3,(H,29,30)(H,31,33). The number of aromatic nitrogens is 2. The van der Waals surface area contributed by atoms with E-state index in [0.29, 0.717) is 47.6 Å². The number of pyridine rings is 2. The Balaban J connectivity index is 1.80. The molecule has 0 radical (unpaired) electrons. The van der Waals surface area contributed by atoms with Crippen molar-refractivity contribution in [2.45, 2.75) is 52.4 Å². The van der Waals surface area contributed by atoms with E-state index in [1.165, 1.54) is 6.07 Å². The molecule has 9 heteroatoms. The van der Waals surface area contributed by atoms with Crippen molar-refractivity contribution in [1.82, 2.24) is 9.97 Å². The quantitative estimate of drug-likeness (QED) is 0.516. The number of hydrogen-bond donors (Lipinski definition) is 2. The third-order valence-corrected chi connectivity index (χ3v) is 6.39. The molecule has 6 nitrogen and oxygen atoms in total. The van der Waals surface area contributed by atoms with E-state index in [2.05, 4.69) is 15.3 Å². The number of benzene rings is 1. The van der Waals surface area contributed by atoms with Gasteiger partial charge in [0, 0.05) is 66.3 Å². The van der Waals surface area contributed by atoms with E-state index in [9.17, 15) is 18.0 Å². The monoisotopic (exact) mass is 474 g/mol. The molecule has 0 saturated carbocycles. The summed E-state index contributed by atoms with van der Waals surface area (Å²) in [6, 6.07) is 6.09. The van der Waals surface area contributed by atoms with Gasteiger partial charge in [-0.3, -0.25) is 4.79 Å². The lowest BCUT2D eigenvalue weighted by atomic mass is 10.0. The van der Waals surface area contributed by atoms with Crippen molar-refractivity contribution in [1.29, 1.82) is 0 Å². The first-order valence-corrected chi connectivity index (χ1v) is 11.5. The normalized spacial score (nSPS) is 15.0. The lowest BCUT2D eigenvalue weighted by molar-refractivity contribution is -0.137. The highest BCUT2D eigenvalue weighted by atomic mass is 19.4. The molecule has 1 aromatic carbocycles. The zero-order valence-electron chi connectivity index (χ0n) is 19.6. The van der Waals surface area contributed by atoms with Gasteiger partial charge in [0.1, 0.15) is 5.82 Å². The minimum Gasteiger partial charge on any atom is -0.381 e. The Morgan fingerprint density at radius 3 is 2.56 bits per heavy atom. The Morgan fingerprint density at radius 2 is 1.91 bits per heavy atom. The number of aryl methyl sites for hydroxylation is 2. The first-order valence-electron chi connectivity index (χ1n) is 11.5. The van der Waals surface area contributed by atoms with E-state index < -0.39 is 11.7 Å². The number of hydrogen-bond acceptors (Lipinski definition) is 5. The lowest BCUT2D eigenvalue weighted by Crippen LogP contribution is -2.39. The summed E-state index contributed by atoms with van der Waals surface area (Å²) < 4.78 is 47.2. The van der Waals surface area contributed by atoms with Crippen LogP contribution in [0.1, 0.15) is 42.1 Å². The molecule has 1 aliphatic rings. The van der Waals surface area contributed by atoms with Crippen LogP contribution in [0.3, 0.4) is 0 Å². The maximum absolute atomic E-state index is 13.9. The smallest absolute Gasteiger partial charge is 0.381 e. The number of halogens is 3. The van der Waals surface area contributed by atoms with E-state index in [4.69, 9.17) is 4.74 Å². The van der Waals surface area contributed by atoms with Gasteiger partial charge in [0.15, 0.2) is 0 Å². The summed E-state index contributed by atoms with van der Waals surface area (Å²) in [5.41, 5.74) is 1.67. The maximum Gasteiger partial charge on any atom is 0.416 e. The molecule has 0 bridgehead atoms. The Morgan fingerprint density at radius 1 is 1.18 bits per heavy atom. The molecular formula is C25H29F3N4O2. The Bertz CT molecular complexity index is 1230. The largest absolute Gasteiger partial charge is 0.416 e. The molecule has 2 aromatic heterocycles. The van der Waals surface area contributed by atoms with Crippen molar-refractivity contribution in [2.75, 3.05) is 30.0 Å². The van der Waals surface area contributed by atoms with Crippen LogP contribution in [0.5, 0.6) is 0 Å². The third-order valence-electron chi connectivity index (χ3n) is 6.39. The van der Waals surface area contributed by atoms with E-state index in [1.54, 1.807) is 19.2 Å². The minimum absolute atomic E-state index is 0.101. The van der Waals surface area contributed by atoms with Crippen molar-refractivity contribution in [2.24, 2.45) is 0 Å². The Labute approximate surface area is 196 Å². The van der Waals surface area contributed by atoms with Crippen LogP contribution in [-0.2, 0) is 17.5 Å². The van der Waals surface area contributed by atoms with Crippen LogP contribution in [0.25, 0.3) is 10.8 Å². The first kappa shape index (κ1) is 24.1. The van der Waals surface area contributed by atoms with Gasteiger partial charge in [-0.15, -0.1) is 0 Å². The van der Waals surface area contributed by atoms with E-state index in [0.717, 1.165) is 30.2 Å². The van der Waals surface area contributed by atoms with Crippen molar-refractivity contribution in [3.63, 3.8) is 0 Å². The van der Waals surface area contributed by atoms with Gasteiger partial charge >= 0.3 is 6.18 Å². The summed E-state index contributed by atoms with van der Waals surface area (Å²) in [5, 5.41) is 4.17. The Hall–Kier alpha value is -3.07. The molecule has 0 amide bonds. The molecule has 3 heterocycles. The van der Waals surface area contributed by atoms with Crippen LogP contribution in [0.15, 0.2) is 35.3 Å². The van der Waals surface area contributed by atoms with Crippen molar-refractivity contribution >= 4 is 22.3 Å². The predicted molar refractivity (Wildman–Crippen MR) is 127 cm³/mol. The average molecular weight is 475 g/mol. The van der Waals surface area contributed by atoms with Crippen molar-refractivity contribution in [3.8, 4) is 0 Å². The number of ether oxygens (including phenoxy) is 1. The lowest BCUT2D eigenvalue weighted by Gasteiger charge is -2.36. The number of nitrogens with one attached hydrogen (secondary N) is 2. The van der Waals surface area contributed by atoms with Gasteiger partial charge in [-0.05, 0) is 63.4 Å². The third kappa shape index (κ3) is 4.89. The van der Waals surface area contributed by atoms with Crippen LogP contribution >= 0.6 is 0 Å². The number of anilines is 2. The molecule has 1 saturated heterocycles. The number of rotatable bonds is 6. The molecule has 0 unspecified atom stereocenters. The van der Waals surface area contributed by atoms with Gasteiger partial charge in [-0.25, -0.2) is 4.98 Å². The fraction of sp³-hybridized carbons (Fsp3) is 0.440. The summed E-state index contributed by atoms with van der Waals surface area (Å²) in [5.74, 6) is 0.312. The zero-order valence-corrected chi connectivity index (χ0v) is 19.6. The van der Waals surface area contributed by atoms with Gasteiger partial charge in [0.2, 0.25) is 0 Å². The molecule has 0 atom stereocenters. The first-order chi connectivity index (χ1) is 16.2. The molecule has 1 fully saturated rings. The average Bonchev–Trinajstić information content (AvgIpc) is 2.79. The van der Waals surface area contributed by atoms with Gasteiger partial charge in [-0.2, -0.15) is 13.2 Å². The molecule has 1 aliphatic heterocycles. The molecular weight excluding hydrogens is 445 g/mol. The van der Waals surface area contributed by atoms with Crippen LogP contribution in [-0.4, -0.2) is 35.8 Å².